The molecule has 0 fully saturated rings. The highest BCUT2D eigenvalue weighted by Gasteiger charge is 1.95. The summed E-state index contributed by atoms with van der Waals surface area (Å²) < 4.78 is 5.14. The molecule has 0 unspecified atom stereocenters. The van der Waals surface area contributed by atoms with Crippen LogP contribution in [0.5, 0.6) is 0 Å². The summed E-state index contributed by atoms with van der Waals surface area (Å²) in [5.41, 5.74) is 0.952. The lowest BCUT2D eigenvalue weighted by molar-refractivity contribution is 0.389. The van der Waals surface area contributed by atoms with E-state index in [1.807, 2.05) is 30.3 Å². The van der Waals surface area contributed by atoms with Crippen molar-refractivity contribution < 1.29 is 4.74 Å². The van der Waals surface area contributed by atoms with Crippen LogP contribution >= 0.6 is 0 Å². The fourth-order valence-corrected chi connectivity index (χ4v) is 1.06. The van der Waals surface area contributed by atoms with Gasteiger partial charge in [0.2, 0.25) is 0 Å². The molecule has 1 aromatic carbocycles. The van der Waals surface area contributed by atoms with Crippen LogP contribution in [0.1, 0.15) is 19.8 Å². The van der Waals surface area contributed by atoms with E-state index in [1.165, 1.54) is 0 Å². The van der Waals surface area contributed by atoms with Crippen molar-refractivity contribution in [3.05, 3.63) is 30.3 Å². The van der Waals surface area contributed by atoms with E-state index >= 15 is 0 Å². The Morgan fingerprint density at radius 2 is 2.00 bits per heavy atom. The minimum atomic E-state index is 0.800. The SMILES string of the molecule is CCCC(=Nc1ccccc1)OC. The fourth-order valence-electron chi connectivity index (χ4n) is 1.06. The van der Waals surface area contributed by atoms with E-state index in [4.69, 9.17) is 4.74 Å². The first-order chi connectivity index (χ1) is 6.36. The van der Waals surface area contributed by atoms with Gasteiger partial charge in [-0.1, -0.05) is 25.1 Å². The summed E-state index contributed by atoms with van der Waals surface area (Å²) in [5.74, 6) is 0.800. The summed E-state index contributed by atoms with van der Waals surface area (Å²) in [6, 6.07) is 9.85. The van der Waals surface area contributed by atoms with Crippen molar-refractivity contribution in [2.75, 3.05) is 7.11 Å². The minimum absolute atomic E-state index is 0.800. The largest absolute Gasteiger partial charge is 0.484 e. The number of rotatable bonds is 3. The van der Waals surface area contributed by atoms with Gasteiger partial charge in [-0.25, -0.2) is 4.99 Å². The normalized spacial score (nSPS) is 11.4. The van der Waals surface area contributed by atoms with Gasteiger partial charge >= 0.3 is 0 Å². The highest BCUT2D eigenvalue weighted by molar-refractivity contribution is 5.78. The second kappa shape index (κ2) is 5.36. The van der Waals surface area contributed by atoms with Gasteiger partial charge in [0, 0.05) is 6.42 Å². The second-order valence-corrected chi connectivity index (χ2v) is 2.80. The molecular weight excluding hydrogens is 162 g/mol. The van der Waals surface area contributed by atoms with Crippen molar-refractivity contribution >= 4 is 11.6 Å². The summed E-state index contributed by atoms with van der Waals surface area (Å²) in [4.78, 5) is 4.36. The van der Waals surface area contributed by atoms with Gasteiger partial charge in [-0.05, 0) is 18.6 Å². The number of para-hydroxylation sites is 1. The first kappa shape index (κ1) is 9.78. The molecule has 2 nitrogen and oxygen atoms in total. The average Bonchev–Trinajstić information content (AvgIpc) is 2.19. The first-order valence-corrected chi connectivity index (χ1v) is 4.53. The third kappa shape index (κ3) is 3.28. The standard InChI is InChI=1S/C11H15NO/c1-3-7-11(13-2)12-10-8-5-4-6-9-10/h4-6,8-9H,3,7H2,1-2H3. The van der Waals surface area contributed by atoms with Gasteiger partial charge in [-0.3, -0.25) is 0 Å². The van der Waals surface area contributed by atoms with Gasteiger partial charge in [-0.15, -0.1) is 0 Å². The molecule has 2 heteroatoms. The maximum atomic E-state index is 5.14. The van der Waals surface area contributed by atoms with E-state index in [2.05, 4.69) is 11.9 Å². The molecule has 0 spiro atoms. The maximum Gasteiger partial charge on any atom is 0.188 e. The topological polar surface area (TPSA) is 21.6 Å². The third-order valence-corrected chi connectivity index (χ3v) is 1.71. The lowest BCUT2D eigenvalue weighted by Gasteiger charge is -2.02. The predicted octanol–water partition coefficient (Wildman–Crippen LogP) is 3.16. The van der Waals surface area contributed by atoms with E-state index in [-0.39, 0.29) is 0 Å². The molecule has 1 rings (SSSR count). The summed E-state index contributed by atoms with van der Waals surface area (Å²) in [6.45, 7) is 2.11. The van der Waals surface area contributed by atoms with Crippen LogP contribution in [0.25, 0.3) is 0 Å². The van der Waals surface area contributed by atoms with Crippen molar-refractivity contribution in [3.63, 3.8) is 0 Å². The van der Waals surface area contributed by atoms with Gasteiger partial charge < -0.3 is 4.74 Å². The number of ether oxygens (including phenoxy) is 1. The fraction of sp³-hybridized carbons (Fsp3) is 0.364. The zero-order chi connectivity index (χ0) is 9.52. The molecule has 0 saturated heterocycles. The molecule has 0 aliphatic carbocycles. The van der Waals surface area contributed by atoms with E-state index < -0.39 is 0 Å². The third-order valence-electron chi connectivity index (χ3n) is 1.71. The Balaban J connectivity index is 2.73. The van der Waals surface area contributed by atoms with Gasteiger partial charge in [0.1, 0.15) is 0 Å². The first-order valence-electron chi connectivity index (χ1n) is 4.53. The number of hydrogen-bond acceptors (Lipinski definition) is 2. The number of aliphatic imine (C=N–C) groups is 1. The molecule has 13 heavy (non-hydrogen) atoms. The Kier molecular flexibility index (Phi) is 4.03. The Bertz CT molecular complexity index is 267. The molecule has 0 N–H and O–H groups in total. The van der Waals surface area contributed by atoms with Crippen molar-refractivity contribution in [2.45, 2.75) is 19.8 Å². The molecule has 0 amide bonds. The smallest absolute Gasteiger partial charge is 0.188 e. The predicted molar refractivity (Wildman–Crippen MR) is 55.5 cm³/mol. The van der Waals surface area contributed by atoms with Crippen molar-refractivity contribution in [1.82, 2.24) is 0 Å². The van der Waals surface area contributed by atoms with Crippen LogP contribution in [0.15, 0.2) is 35.3 Å². The van der Waals surface area contributed by atoms with Gasteiger partial charge in [-0.2, -0.15) is 0 Å². The van der Waals surface area contributed by atoms with Crippen LogP contribution in [0.2, 0.25) is 0 Å². The molecule has 0 bridgehead atoms. The van der Waals surface area contributed by atoms with E-state index in [0.717, 1.165) is 24.4 Å². The van der Waals surface area contributed by atoms with Gasteiger partial charge in [0.15, 0.2) is 5.90 Å². The summed E-state index contributed by atoms with van der Waals surface area (Å²) in [7, 11) is 1.66. The average molecular weight is 177 g/mol. The van der Waals surface area contributed by atoms with Crippen molar-refractivity contribution in [3.8, 4) is 0 Å². The van der Waals surface area contributed by atoms with E-state index in [1.54, 1.807) is 7.11 Å². The van der Waals surface area contributed by atoms with Crippen LogP contribution in [-0.2, 0) is 4.74 Å². The zero-order valence-electron chi connectivity index (χ0n) is 8.16. The van der Waals surface area contributed by atoms with Crippen LogP contribution in [-0.4, -0.2) is 13.0 Å². The Morgan fingerprint density at radius 1 is 1.31 bits per heavy atom. The maximum absolute atomic E-state index is 5.14. The second-order valence-electron chi connectivity index (χ2n) is 2.80. The summed E-state index contributed by atoms with van der Waals surface area (Å²) in [6.07, 6.45) is 1.95. The quantitative estimate of drug-likeness (QED) is 0.513. The molecule has 0 aliphatic rings. The lowest BCUT2D eigenvalue weighted by Crippen LogP contribution is -1.99. The van der Waals surface area contributed by atoms with Crippen molar-refractivity contribution in [2.24, 2.45) is 4.99 Å². The van der Waals surface area contributed by atoms with Crippen LogP contribution in [0.4, 0.5) is 5.69 Å². The molecule has 0 aromatic heterocycles. The Labute approximate surface area is 79.3 Å². The molecule has 0 saturated carbocycles. The number of methoxy groups -OCH3 is 1. The van der Waals surface area contributed by atoms with E-state index in [9.17, 15) is 0 Å². The van der Waals surface area contributed by atoms with Gasteiger partial charge in [0.05, 0.1) is 12.8 Å². The van der Waals surface area contributed by atoms with E-state index in [0.29, 0.717) is 0 Å². The lowest BCUT2D eigenvalue weighted by atomic mass is 10.3. The van der Waals surface area contributed by atoms with Gasteiger partial charge in [0.25, 0.3) is 0 Å². The zero-order valence-corrected chi connectivity index (χ0v) is 8.16. The number of nitrogens with zero attached hydrogens (tertiary/aromatic N) is 1. The molecule has 0 radical (unpaired) electrons. The molecule has 0 atom stereocenters. The molecule has 1 aromatic rings. The van der Waals surface area contributed by atoms with Crippen LogP contribution < -0.4 is 0 Å². The van der Waals surface area contributed by atoms with Crippen LogP contribution in [0.3, 0.4) is 0 Å². The molecule has 70 valence electrons. The monoisotopic (exact) mass is 177 g/mol. The molecular formula is C11H15NO. The Hall–Kier alpha value is -1.31. The highest BCUT2D eigenvalue weighted by Crippen LogP contribution is 2.11. The highest BCUT2D eigenvalue weighted by atomic mass is 16.5. The minimum Gasteiger partial charge on any atom is -0.484 e. The summed E-state index contributed by atoms with van der Waals surface area (Å²) >= 11 is 0. The molecule has 0 aliphatic heterocycles. The molecule has 0 heterocycles. The van der Waals surface area contributed by atoms with Crippen LogP contribution in [0, 0.1) is 0 Å². The number of benzene rings is 1. The summed E-state index contributed by atoms with van der Waals surface area (Å²) in [5, 5.41) is 0. The van der Waals surface area contributed by atoms with Crippen molar-refractivity contribution in [1.29, 1.82) is 0 Å². The number of hydrogen-bond donors (Lipinski definition) is 0. The Morgan fingerprint density at radius 3 is 2.54 bits per heavy atom.